The van der Waals surface area contributed by atoms with Crippen LogP contribution in [0.25, 0.3) is 11.3 Å². The number of nitrogens with zero attached hydrogens (tertiary/aromatic N) is 5. The molecule has 0 amide bonds. The molecule has 11 heteroatoms. The molecule has 0 atom stereocenters. The first kappa shape index (κ1) is 18.1. The number of aromatic nitrogens is 4. The first-order valence-corrected chi connectivity index (χ1v) is 9.06. The van der Waals surface area contributed by atoms with E-state index in [2.05, 4.69) is 56.7 Å². The average Bonchev–Trinajstić information content (AvgIpc) is 3.13. The summed E-state index contributed by atoms with van der Waals surface area (Å²) in [6.45, 7) is 0. The van der Waals surface area contributed by atoms with Gasteiger partial charge in [0.2, 0.25) is 11.3 Å². The Hall–Kier alpha value is -3.24. The van der Waals surface area contributed by atoms with Crippen LogP contribution >= 0.6 is 27.5 Å². The summed E-state index contributed by atoms with van der Waals surface area (Å²) in [5.74, 6) is 0.750. The zero-order valence-electron chi connectivity index (χ0n) is 14.0. The molecule has 28 heavy (non-hydrogen) atoms. The van der Waals surface area contributed by atoms with E-state index in [1.165, 1.54) is 6.21 Å². The molecule has 4 rings (SSSR count). The van der Waals surface area contributed by atoms with Crippen LogP contribution in [0, 0.1) is 0 Å². The number of halogens is 2. The van der Waals surface area contributed by atoms with Crippen molar-refractivity contribution in [1.82, 2.24) is 20.3 Å². The van der Waals surface area contributed by atoms with Crippen molar-refractivity contribution in [2.45, 2.75) is 0 Å². The number of nitrogens with one attached hydrogen (secondary N) is 2. The van der Waals surface area contributed by atoms with Gasteiger partial charge in [-0.2, -0.15) is 10.1 Å². The van der Waals surface area contributed by atoms with Crippen LogP contribution in [0.3, 0.4) is 0 Å². The molecule has 2 heterocycles. The van der Waals surface area contributed by atoms with Gasteiger partial charge in [0.25, 0.3) is 0 Å². The van der Waals surface area contributed by atoms with E-state index in [4.69, 9.17) is 11.6 Å². The molecule has 0 radical (unpaired) electrons. The predicted octanol–water partition coefficient (Wildman–Crippen LogP) is 4.32. The summed E-state index contributed by atoms with van der Waals surface area (Å²) >= 11 is 9.27. The van der Waals surface area contributed by atoms with Gasteiger partial charge in [0.15, 0.2) is 11.6 Å². The molecule has 0 saturated carbocycles. The maximum absolute atomic E-state index is 9.90. The second-order valence-corrected chi connectivity index (χ2v) is 6.89. The van der Waals surface area contributed by atoms with Crippen molar-refractivity contribution in [2.24, 2.45) is 5.10 Å². The normalized spacial score (nSPS) is 11.2. The fourth-order valence-electron chi connectivity index (χ4n) is 2.26. The fourth-order valence-corrected chi connectivity index (χ4v) is 2.77. The number of hydrogen-bond acceptors (Lipinski definition) is 9. The summed E-state index contributed by atoms with van der Waals surface area (Å²) in [6, 6.07) is 12.1. The molecule has 0 bridgehead atoms. The highest BCUT2D eigenvalue weighted by atomic mass is 79.9. The Labute approximate surface area is 171 Å². The lowest BCUT2D eigenvalue weighted by atomic mass is 10.2. The largest absolute Gasteiger partial charge is 0.507 e. The first-order valence-electron chi connectivity index (χ1n) is 7.89. The average molecular weight is 461 g/mol. The molecule has 0 saturated heterocycles. The SMILES string of the molecule is Oc1ccc(Br)cc1/C=N/Nc1nc2nonc2nc1Nc1ccc(Cl)cc1. The topological polar surface area (TPSA) is 121 Å². The Bertz CT molecular complexity index is 1160. The van der Waals surface area contributed by atoms with Gasteiger partial charge in [-0.1, -0.05) is 27.5 Å². The summed E-state index contributed by atoms with van der Waals surface area (Å²) in [5, 5.41) is 25.1. The molecule has 4 aromatic rings. The number of benzene rings is 2. The number of phenolic OH excluding ortho intramolecular Hbond substituents is 1. The Morgan fingerprint density at radius 2 is 1.75 bits per heavy atom. The minimum absolute atomic E-state index is 0.0931. The third kappa shape index (κ3) is 4.02. The van der Waals surface area contributed by atoms with E-state index in [1.807, 2.05) is 0 Å². The van der Waals surface area contributed by atoms with E-state index in [0.717, 1.165) is 10.2 Å². The number of anilines is 3. The van der Waals surface area contributed by atoms with Crippen molar-refractivity contribution in [1.29, 1.82) is 0 Å². The lowest BCUT2D eigenvalue weighted by Gasteiger charge is -2.09. The molecule has 0 spiro atoms. The molecular weight excluding hydrogens is 450 g/mol. The second kappa shape index (κ2) is 7.79. The molecule has 3 N–H and O–H groups in total. The monoisotopic (exact) mass is 459 g/mol. The van der Waals surface area contributed by atoms with Crippen molar-refractivity contribution in [3.05, 3.63) is 57.5 Å². The Morgan fingerprint density at radius 3 is 2.50 bits per heavy atom. The number of rotatable bonds is 5. The molecule has 9 nitrogen and oxygen atoms in total. The number of hydrogen-bond donors (Lipinski definition) is 3. The lowest BCUT2D eigenvalue weighted by Crippen LogP contribution is -2.03. The number of aromatic hydroxyl groups is 1. The Balaban J connectivity index is 1.63. The lowest BCUT2D eigenvalue weighted by molar-refractivity contribution is 0.314. The summed E-state index contributed by atoms with van der Waals surface area (Å²) in [4.78, 5) is 8.65. The maximum atomic E-state index is 9.90. The zero-order chi connectivity index (χ0) is 19.5. The molecule has 0 fully saturated rings. The summed E-state index contributed by atoms with van der Waals surface area (Å²) in [7, 11) is 0. The minimum Gasteiger partial charge on any atom is -0.507 e. The highest BCUT2D eigenvalue weighted by Crippen LogP contribution is 2.25. The standard InChI is InChI=1S/C17H11BrClN7O2/c18-10-1-6-13(27)9(7-10)8-20-24-15-14(21-12-4-2-11(19)3-5-12)22-16-17(23-15)26-28-25-16/h1-8,27H,(H,21,22,25)(H,23,24,26)/b20-8+. The van der Waals surface area contributed by atoms with Gasteiger partial charge in [0, 0.05) is 20.7 Å². The zero-order valence-corrected chi connectivity index (χ0v) is 16.3. The quantitative estimate of drug-likeness (QED) is 0.297. The molecule has 0 unspecified atom stereocenters. The highest BCUT2D eigenvalue weighted by Gasteiger charge is 2.13. The summed E-state index contributed by atoms with van der Waals surface area (Å²) in [5.41, 5.74) is 4.53. The second-order valence-electron chi connectivity index (χ2n) is 5.54. The van der Waals surface area contributed by atoms with Gasteiger partial charge in [0.1, 0.15) is 5.75 Å². The minimum atomic E-state index is 0.0931. The van der Waals surface area contributed by atoms with Gasteiger partial charge < -0.3 is 10.4 Å². The van der Waals surface area contributed by atoms with Crippen LogP contribution in [0.15, 0.2) is 56.7 Å². The van der Waals surface area contributed by atoms with E-state index in [-0.39, 0.29) is 17.0 Å². The molecule has 2 aromatic carbocycles. The van der Waals surface area contributed by atoms with E-state index in [0.29, 0.717) is 22.2 Å². The van der Waals surface area contributed by atoms with Gasteiger partial charge in [-0.05, 0) is 52.8 Å². The van der Waals surface area contributed by atoms with Gasteiger partial charge in [-0.25, -0.2) is 9.61 Å². The van der Waals surface area contributed by atoms with Gasteiger partial charge >= 0.3 is 0 Å². The molecule has 140 valence electrons. The smallest absolute Gasteiger partial charge is 0.245 e. The van der Waals surface area contributed by atoms with Crippen molar-refractivity contribution < 1.29 is 9.74 Å². The van der Waals surface area contributed by atoms with Crippen LogP contribution in [0.1, 0.15) is 5.56 Å². The van der Waals surface area contributed by atoms with Crippen molar-refractivity contribution in [2.75, 3.05) is 10.7 Å². The molecule has 0 aliphatic rings. The molecule has 0 aliphatic carbocycles. The van der Waals surface area contributed by atoms with Gasteiger partial charge in [-0.15, -0.1) is 0 Å². The number of phenols is 1. The molecule has 0 aliphatic heterocycles. The Kier molecular flexibility index (Phi) is 5.04. The van der Waals surface area contributed by atoms with Crippen molar-refractivity contribution >= 4 is 62.4 Å². The maximum Gasteiger partial charge on any atom is 0.245 e. The molecule has 2 aromatic heterocycles. The van der Waals surface area contributed by atoms with E-state index in [9.17, 15) is 5.11 Å². The fraction of sp³-hybridized carbons (Fsp3) is 0. The predicted molar refractivity (Wildman–Crippen MR) is 109 cm³/mol. The van der Waals surface area contributed by atoms with Crippen LogP contribution < -0.4 is 10.7 Å². The van der Waals surface area contributed by atoms with Gasteiger partial charge in [-0.3, -0.25) is 5.43 Å². The third-order valence-corrected chi connectivity index (χ3v) is 4.33. The Morgan fingerprint density at radius 1 is 1.04 bits per heavy atom. The van der Waals surface area contributed by atoms with Crippen molar-refractivity contribution in [3.8, 4) is 5.75 Å². The highest BCUT2D eigenvalue weighted by molar-refractivity contribution is 9.10. The molecular formula is C17H11BrClN7O2. The number of fused-ring (bicyclic) bond motifs is 1. The van der Waals surface area contributed by atoms with Crippen LogP contribution in [0.2, 0.25) is 5.02 Å². The van der Waals surface area contributed by atoms with E-state index >= 15 is 0 Å². The summed E-state index contributed by atoms with van der Waals surface area (Å²) in [6.07, 6.45) is 1.46. The van der Waals surface area contributed by atoms with Crippen LogP contribution in [-0.4, -0.2) is 31.6 Å². The van der Waals surface area contributed by atoms with E-state index in [1.54, 1.807) is 42.5 Å². The summed E-state index contributed by atoms with van der Waals surface area (Å²) < 4.78 is 5.48. The van der Waals surface area contributed by atoms with Crippen LogP contribution in [0.5, 0.6) is 5.75 Å². The number of hydrazone groups is 1. The van der Waals surface area contributed by atoms with Gasteiger partial charge in [0.05, 0.1) is 6.21 Å². The first-order chi connectivity index (χ1) is 13.6. The van der Waals surface area contributed by atoms with Crippen LogP contribution in [-0.2, 0) is 0 Å². The van der Waals surface area contributed by atoms with E-state index < -0.39 is 0 Å². The van der Waals surface area contributed by atoms with Crippen LogP contribution in [0.4, 0.5) is 17.3 Å². The van der Waals surface area contributed by atoms with Crippen molar-refractivity contribution in [3.63, 3.8) is 0 Å². The third-order valence-electron chi connectivity index (χ3n) is 3.58.